The first-order valence-corrected chi connectivity index (χ1v) is 7.16. The Kier molecular flexibility index (Phi) is 3.85. The average Bonchev–Trinajstić information content (AvgIpc) is 2.27. The Labute approximate surface area is 112 Å². The first-order valence-electron chi connectivity index (χ1n) is 6.21. The summed E-state index contributed by atoms with van der Waals surface area (Å²) in [6.07, 6.45) is 0. The fourth-order valence-electron chi connectivity index (χ4n) is 2.52. The van der Waals surface area contributed by atoms with Gasteiger partial charge in [0.25, 0.3) is 0 Å². The second-order valence-corrected chi connectivity index (χ2v) is 6.85. The van der Waals surface area contributed by atoms with Crippen LogP contribution in [0.3, 0.4) is 0 Å². The summed E-state index contributed by atoms with van der Waals surface area (Å²) in [7, 11) is 0. The number of hydrogen-bond donors (Lipinski definition) is 1. The number of hydrogen-bond acceptors (Lipinski definition) is 3. The molecule has 1 aromatic rings. The molecule has 0 spiro atoms. The van der Waals surface area contributed by atoms with Crippen molar-refractivity contribution in [1.29, 1.82) is 0 Å². The summed E-state index contributed by atoms with van der Waals surface area (Å²) in [6, 6.07) is 5.39. The van der Waals surface area contributed by atoms with E-state index in [9.17, 15) is 4.79 Å². The summed E-state index contributed by atoms with van der Waals surface area (Å²) in [5.74, 6) is -0.861. The third-order valence-electron chi connectivity index (χ3n) is 3.20. The first-order chi connectivity index (χ1) is 8.47. The highest BCUT2D eigenvalue weighted by atomic mass is 32.2. The van der Waals surface area contributed by atoms with Crippen molar-refractivity contribution in [3.63, 3.8) is 0 Å². The van der Waals surface area contributed by atoms with Crippen LogP contribution in [-0.2, 0) is 0 Å². The van der Waals surface area contributed by atoms with Gasteiger partial charge in [0, 0.05) is 29.3 Å². The molecule has 0 saturated carbocycles. The van der Waals surface area contributed by atoms with Crippen LogP contribution in [0.5, 0.6) is 0 Å². The van der Waals surface area contributed by atoms with Gasteiger partial charge in [-0.1, -0.05) is 13.8 Å². The summed E-state index contributed by atoms with van der Waals surface area (Å²) in [4.78, 5) is 13.3. The van der Waals surface area contributed by atoms with Crippen LogP contribution in [0, 0.1) is 6.92 Å². The molecule has 2 unspecified atom stereocenters. The van der Waals surface area contributed by atoms with Crippen molar-refractivity contribution < 1.29 is 9.90 Å². The number of carbonyl (C=O) groups is 1. The molecule has 0 aliphatic carbocycles. The van der Waals surface area contributed by atoms with E-state index in [1.165, 1.54) is 5.69 Å². The van der Waals surface area contributed by atoms with Gasteiger partial charge in [-0.05, 0) is 30.7 Å². The molecule has 1 N–H and O–H groups in total. The Bertz CT molecular complexity index is 451. The minimum Gasteiger partial charge on any atom is -0.478 e. The van der Waals surface area contributed by atoms with Gasteiger partial charge in [0.15, 0.2) is 0 Å². The summed E-state index contributed by atoms with van der Waals surface area (Å²) < 4.78 is 0. The number of carboxylic acids is 1. The largest absolute Gasteiger partial charge is 0.478 e. The highest BCUT2D eigenvalue weighted by Crippen LogP contribution is 2.30. The van der Waals surface area contributed by atoms with Crippen LogP contribution in [0.2, 0.25) is 0 Å². The number of anilines is 1. The molecular weight excluding hydrogens is 246 g/mol. The molecule has 1 aromatic carbocycles. The lowest BCUT2D eigenvalue weighted by molar-refractivity contribution is 0.0697. The lowest BCUT2D eigenvalue weighted by Gasteiger charge is -2.37. The van der Waals surface area contributed by atoms with E-state index in [4.69, 9.17) is 5.11 Å². The predicted molar refractivity (Wildman–Crippen MR) is 76.9 cm³/mol. The van der Waals surface area contributed by atoms with Gasteiger partial charge in [-0.3, -0.25) is 0 Å². The van der Waals surface area contributed by atoms with Gasteiger partial charge < -0.3 is 10.0 Å². The standard InChI is InChI=1S/C14H19NO2S/c1-9-6-12(14(16)17)4-5-13(9)15-7-10(2)18-11(3)8-15/h4-6,10-11H,7-8H2,1-3H3,(H,16,17). The number of rotatable bonds is 2. The van der Waals surface area contributed by atoms with E-state index in [0.717, 1.165) is 18.7 Å². The predicted octanol–water partition coefficient (Wildman–Crippen LogP) is 3.02. The van der Waals surface area contributed by atoms with Crippen molar-refractivity contribution in [3.05, 3.63) is 29.3 Å². The highest BCUT2D eigenvalue weighted by molar-refractivity contribution is 8.00. The van der Waals surface area contributed by atoms with Crippen molar-refractivity contribution in [3.8, 4) is 0 Å². The molecule has 2 atom stereocenters. The molecule has 1 fully saturated rings. The Morgan fingerprint density at radius 1 is 1.33 bits per heavy atom. The van der Waals surface area contributed by atoms with Gasteiger partial charge in [0.1, 0.15) is 0 Å². The van der Waals surface area contributed by atoms with E-state index >= 15 is 0 Å². The molecule has 1 aliphatic rings. The lowest BCUT2D eigenvalue weighted by atomic mass is 10.1. The number of carboxylic acid groups (broad SMARTS) is 1. The van der Waals surface area contributed by atoms with Crippen LogP contribution >= 0.6 is 11.8 Å². The number of benzene rings is 1. The SMILES string of the molecule is Cc1cc(C(=O)O)ccc1N1CC(C)SC(C)C1. The molecule has 18 heavy (non-hydrogen) atoms. The maximum atomic E-state index is 10.9. The van der Waals surface area contributed by atoms with E-state index in [1.54, 1.807) is 12.1 Å². The lowest BCUT2D eigenvalue weighted by Crippen LogP contribution is -2.40. The van der Waals surface area contributed by atoms with E-state index in [-0.39, 0.29) is 0 Å². The molecule has 0 radical (unpaired) electrons. The molecule has 98 valence electrons. The molecule has 2 rings (SSSR count). The summed E-state index contributed by atoms with van der Waals surface area (Å²) >= 11 is 2.02. The quantitative estimate of drug-likeness (QED) is 0.892. The van der Waals surface area contributed by atoms with Gasteiger partial charge in [-0.25, -0.2) is 4.79 Å². The maximum Gasteiger partial charge on any atom is 0.335 e. The average molecular weight is 265 g/mol. The third kappa shape index (κ3) is 2.80. The molecule has 3 nitrogen and oxygen atoms in total. The number of thioether (sulfide) groups is 1. The topological polar surface area (TPSA) is 40.5 Å². The second-order valence-electron chi connectivity index (χ2n) is 4.97. The van der Waals surface area contributed by atoms with Gasteiger partial charge in [0.05, 0.1) is 5.56 Å². The number of aryl methyl sites for hydroxylation is 1. The number of nitrogens with zero attached hydrogens (tertiary/aromatic N) is 1. The Morgan fingerprint density at radius 3 is 2.44 bits per heavy atom. The first kappa shape index (κ1) is 13.3. The molecule has 0 bridgehead atoms. The highest BCUT2D eigenvalue weighted by Gasteiger charge is 2.23. The van der Waals surface area contributed by atoms with Gasteiger partial charge in [-0.2, -0.15) is 11.8 Å². The zero-order valence-electron chi connectivity index (χ0n) is 11.0. The molecule has 0 amide bonds. The van der Waals surface area contributed by atoms with Gasteiger partial charge in [-0.15, -0.1) is 0 Å². The minimum absolute atomic E-state index is 0.365. The second kappa shape index (κ2) is 5.22. The fraction of sp³-hybridized carbons (Fsp3) is 0.500. The molecule has 1 heterocycles. The van der Waals surface area contributed by atoms with Crippen LogP contribution in [0.1, 0.15) is 29.8 Å². The Hall–Kier alpha value is -1.16. The minimum atomic E-state index is -0.861. The van der Waals surface area contributed by atoms with Crippen LogP contribution in [-0.4, -0.2) is 34.7 Å². The Morgan fingerprint density at radius 2 is 1.94 bits per heavy atom. The van der Waals surface area contributed by atoms with Crippen molar-refractivity contribution in [1.82, 2.24) is 0 Å². The molecule has 4 heteroatoms. The maximum absolute atomic E-state index is 10.9. The summed E-state index contributed by atoms with van der Waals surface area (Å²) in [6.45, 7) is 8.53. The summed E-state index contributed by atoms with van der Waals surface area (Å²) in [5, 5.41) is 10.2. The van der Waals surface area contributed by atoms with Crippen molar-refractivity contribution >= 4 is 23.4 Å². The fourth-order valence-corrected chi connectivity index (χ4v) is 3.84. The zero-order valence-corrected chi connectivity index (χ0v) is 11.8. The summed E-state index contributed by atoms with van der Waals surface area (Å²) in [5.41, 5.74) is 2.57. The van der Waals surface area contributed by atoms with Crippen LogP contribution in [0.25, 0.3) is 0 Å². The number of aromatic carboxylic acids is 1. The van der Waals surface area contributed by atoms with Crippen LogP contribution in [0.4, 0.5) is 5.69 Å². The van der Waals surface area contributed by atoms with Crippen molar-refractivity contribution in [2.45, 2.75) is 31.3 Å². The monoisotopic (exact) mass is 265 g/mol. The molecule has 1 saturated heterocycles. The van der Waals surface area contributed by atoms with E-state index in [1.807, 2.05) is 24.8 Å². The van der Waals surface area contributed by atoms with Gasteiger partial charge in [0.2, 0.25) is 0 Å². The van der Waals surface area contributed by atoms with Crippen molar-refractivity contribution in [2.24, 2.45) is 0 Å². The van der Waals surface area contributed by atoms with Crippen molar-refractivity contribution in [2.75, 3.05) is 18.0 Å². The Balaban J connectivity index is 2.25. The smallest absolute Gasteiger partial charge is 0.335 e. The van der Waals surface area contributed by atoms with E-state index < -0.39 is 5.97 Å². The third-order valence-corrected chi connectivity index (χ3v) is 4.43. The zero-order chi connectivity index (χ0) is 13.3. The van der Waals surface area contributed by atoms with Crippen LogP contribution in [0.15, 0.2) is 18.2 Å². The molecule has 1 aliphatic heterocycles. The van der Waals surface area contributed by atoms with E-state index in [2.05, 4.69) is 18.7 Å². The van der Waals surface area contributed by atoms with Crippen LogP contribution < -0.4 is 4.90 Å². The molecule has 0 aromatic heterocycles. The normalized spacial score (nSPS) is 24.1. The molecular formula is C14H19NO2S. The van der Waals surface area contributed by atoms with Gasteiger partial charge >= 0.3 is 5.97 Å². The van der Waals surface area contributed by atoms with E-state index in [0.29, 0.717) is 16.1 Å².